The Kier molecular flexibility index (Phi) is 2.95. The van der Waals surface area contributed by atoms with Crippen molar-refractivity contribution in [1.29, 1.82) is 0 Å². The predicted octanol–water partition coefficient (Wildman–Crippen LogP) is 3.26. The van der Waals surface area contributed by atoms with Gasteiger partial charge in [-0.3, -0.25) is 0 Å². The number of aromatic carboxylic acids is 1. The van der Waals surface area contributed by atoms with Gasteiger partial charge in [-0.05, 0) is 35.9 Å². The Bertz CT molecular complexity index is 777. The second-order valence-corrected chi connectivity index (χ2v) is 4.40. The zero-order valence-corrected chi connectivity index (χ0v) is 10.3. The van der Waals surface area contributed by atoms with Crippen LogP contribution in [0.3, 0.4) is 0 Å². The van der Waals surface area contributed by atoms with Gasteiger partial charge in [0, 0.05) is 6.42 Å². The molecule has 0 aliphatic heterocycles. The highest BCUT2D eigenvalue weighted by Gasteiger charge is 2.10. The van der Waals surface area contributed by atoms with Gasteiger partial charge in [0.05, 0.1) is 5.56 Å². The van der Waals surface area contributed by atoms with Crippen molar-refractivity contribution in [2.75, 3.05) is 0 Å². The Morgan fingerprint density at radius 2 is 1.95 bits per heavy atom. The van der Waals surface area contributed by atoms with Crippen LogP contribution in [-0.2, 0) is 6.42 Å². The van der Waals surface area contributed by atoms with Gasteiger partial charge < -0.3 is 9.52 Å². The molecule has 0 radical (unpaired) electrons. The van der Waals surface area contributed by atoms with Crippen LogP contribution < -0.4 is 0 Å². The van der Waals surface area contributed by atoms with Gasteiger partial charge in [0.25, 0.3) is 0 Å². The summed E-state index contributed by atoms with van der Waals surface area (Å²) in [5.74, 6) is -0.832. The fourth-order valence-electron chi connectivity index (χ4n) is 1.96. The molecule has 2 aromatic carbocycles. The van der Waals surface area contributed by atoms with Crippen LogP contribution in [0, 0.1) is 5.82 Å². The van der Waals surface area contributed by atoms with Gasteiger partial charge in [-0.25, -0.2) is 14.2 Å². The van der Waals surface area contributed by atoms with Crippen LogP contribution in [0.25, 0.3) is 11.1 Å². The largest absolute Gasteiger partial charge is 0.478 e. The number of carboxylic acid groups (broad SMARTS) is 1. The number of fused-ring (bicyclic) bond motifs is 1. The normalized spacial score (nSPS) is 10.8. The highest BCUT2D eigenvalue weighted by atomic mass is 19.1. The minimum Gasteiger partial charge on any atom is -0.478 e. The lowest BCUT2D eigenvalue weighted by molar-refractivity contribution is 0.0697. The Hall–Kier alpha value is -2.69. The van der Waals surface area contributed by atoms with E-state index in [4.69, 9.17) is 9.52 Å². The molecule has 1 heterocycles. The smallest absolute Gasteiger partial charge is 0.335 e. The van der Waals surface area contributed by atoms with E-state index in [2.05, 4.69) is 4.98 Å². The summed E-state index contributed by atoms with van der Waals surface area (Å²) in [6.07, 6.45) is 0.428. The molecule has 0 aliphatic rings. The van der Waals surface area contributed by atoms with E-state index >= 15 is 0 Å². The van der Waals surface area contributed by atoms with Gasteiger partial charge in [0.15, 0.2) is 11.5 Å². The average molecular weight is 271 g/mol. The molecular weight excluding hydrogens is 261 g/mol. The summed E-state index contributed by atoms with van der Waals surface area (Å²) in [5.41, 5.74) is 2.07. The second-order valence-electron chi connectivity index (χ2n) is 4.40. The third-order valence-electron chi connectivity index (χ3n) is 2.95. The molecule has 1 N–H and O–H groups in total. The molecule has 5 heteroatoms. The summed E-state index contributed by atoms with van der Waals surface area (Å²) >= 11 is 0. The maximum atomic E-state index is 12.8. The number of rotatable bonds is 3. The van der Waals surface area contributed by atoms with E-state index in [0.717, 1.165) is 5.56 Å². The highest BCUT2D eigenvalue weighted by molar-refractivity contribution is 5.91. The van der Waals surface area contributed by atoms with Gasteiger partial charge in [0.1, 0.15) is 11.3 Å². The van der Waals surface area contributed by atoms with E-state index in [1.54, 1.807) is 18.2 Å². The zero-order chi connectivity index (χ0) is 14.1. The van der Waals surface area contributed by atoms with Crippen LogP contribution in [0.4, 0.5) is 4.39 Å². The van der Waals surface area contributed by atoms with Crippen molar-refractivity contribution in [3.05, 3.63) is 65.3 Å². The minimum absolute atomic E-state index is 0.166. The Balaban J connectivity index is 1.92. The van der Waals surface area contributed by atoms with Crippen molar-refractivity contribution in [1.82, 2.24) is 4.98 Å². The number of nitrogens with zero attached hydrogens (tertiary/aromatic N) is 1. The molecule has 0 bridgehead atoms. The van der Waals surface area contributed by atoms with Crippen LogP contribution in [0.1, 0.15) is 21.8 Å². The van der Waals surface area contributed by atoms with Crippen molar-refractivity contribution < 1.29 is 18.7 Å². The molecule has 0 saturated heterocycles. The molecular formula is C15H10FNO3. The molecule has 0 unspecified atom stereocenters. The summed E-state index contributed by atoms with van der Waals surface area (Å²) in [6.45, 7) is 0. The number of hydrogen-bond donors (Lipinski definition) is 1. The van der Waals surface area contributed by atoms with Crippen LogP contribution in [0.5, 0.6) is 0 Å². The summed E-state index contributed by atoms with van der Waals surface area (Å²) in [4.78, 5) is 15.1. The molecule has 0 saturated carbocycles. The first-order valence-electron chi connectivity index (χ1n) is 5.99. The standard InChI is InChI=1S/C15H10FNO3/c16-11-4-1-9(2-5-11)7-14-17-12-8-10(15(18)19)3-6-13(12)20-14/h1-6,8H,7H2,(H,18,19). The Morgan fingerprint density at radius 3 is 2.65 bits per heavy atom. The highest BCUT2D eigenvalue weighted by Crippen LogP contribution is 2.19. The van der Waals surface area contributed by atoms with Gasteiger partial charge in [0.2, 0.25) is 0 Å². The molecule has 0 atom stereocenters. The summed E-state index contributed by atoms with van der Waals surface area (Å²) in [6, 6.07) is 10.6. The lowest BCUT2D eigenvalue weighted by atomic mass is 10.1. The first kappa shape index (κ1) is 12.3. The van der Waals surface area contributed by atoms with Crippen LogP contribution in [0.2, 0.25) is 0 Å². The predicted molar refractivity (Wildman–Crippen MR) is 70.2 cm³/mol. The van der Waals surface area contributed by atoms with Crippen molar-refractivity contribution in [2.24, 2.45) is 0 Å². The molecule has 4 nitrogen and oxygen atoms in total. The fourth-order valence-corrected chi connectivity index (χ4v) is 1.96. The summed E-state index contributed by atoms with van der Waals surface area (Å²) in [5, 5.41) is 8.92. The van der Waals surface area contributed by atoms with Crippen LogP contribution >= 0.6 is 0 Å². The molecule has 3 aromatic rings. The molecule has 0 spiro atoms. The van der Waals surface area contributed by atoms with E-state index in [1.165, 1.54) is 24.3 Å². The number of aromatic nitrogens is 1. The molecule has 3 rings (SSSR count). The van der Waals surface area contributed by atoms with Gasteiger partial charge in [-0.2, -0.15) is 0 Å². The monoisotopic (exact) mass is 271 g/mol. The first-order chi connectivity index (χ1) is 9.61. The number of halogens is 1. The second kappa shape index (κ2) is 4.77. The van der Waals surface area contributed by atoms with Gasteiger partial charge >= 0.3 is 5.97 Å². The maximum absolute atomic E-state index is 12.8. The topological polar surface area (TPSA) is 63.3 Å². The Morgan fingerprint density at radius 1 is 1.20 bits per heavy atom. The summed E-state index contributed by atoms with van der Waals surface area (Å²) in [7, 11) is 0. The minimum atomic E-state index is -1.00. The van der Waals surface area contributed by atoms with Crippen molar-refractivity contribution in [3.8, 4) is 0 Å². The van der Waals surface area contributed by atoms with E-state index in [1.807, 2.05) is 0 Å². The average Bonchev–Trinajstić information content (AvgIpc) is 2.82. The number of carbonyl (C=O) groups is 1. The van der Waals surface area contributed by atoms with Crippen LogP contribution in [0.15, 0.2) is 46.9 Å². The van der Waals surface area contributed by atoms with E-state index in [-0.39, 0.29) is 11.4 Å². The molecule has 0 aliphatic carbocycles. The Labute approximate surface area is 113 Å². The van der Waals surface area contributed by atoms with Gasteiger partial charge in [-0.1, -0.05) is 12.1 Å². The SMILES string of the molecule is O=C(O)c1ccc2oc(Cc3ccc(F)cc3)nc2c1. The molecule has 100 valence electrons. The molecule has 20 heavy (non-hydrogen) atoms. The van der Waals surface area contributed by atoms with E-state index in [9.17, 15) is 9.18 Å². The summed E-state index contributed by atoms with van der Waals surface area (Å²) < 4.78 is 18.4. The molecule has 1 aromatic heterocycles. The quantitative estimate of drug-likeness (QED) is 0.794. The zero-order valence-electron chi connectivity index (χ0n) is 10.3. The number of oxazole rings is 1. The van der Waals surface area contributed by atoms with Crippen LogP contribution in [-0.4, -0.2) is 16.1 Å². The van der Waals surface area contributed by atoms with E-state index in [0.29, 0.717) is 23.4 Å². The van der Waals surface area contributed by atoms with Crippen molar-refractivity contribution >= 4 is 17.1 Å². The number of carboxylic acids is 1. The van der Waals surface area contributed by atoms with Crippen molar-refractivity contribution in [2.45, 2.75) is 6.42 Å². The lowest BCUT2D eigenvalue weighted by Gasteiger charge is -1.96. The molecule has 0 amide bonds. The third kappa shape index (κ3) is 2.38. The van der Waals surface area contributed by atoms with E-state index < -0.39 is 5.97 Å². The number of hydrogen-bond acceptors (Lipinski definition) is 3. The first-order valence-corrected chi connectivity index (χ1v) is 5.99. The van der Waals surface area contributed by atoms with Gasteiger partial charge in [-0.15, -0.1) is 0 Å². The third-order valence-corrected chi connectivity index (χ3v) is 2.95. The lowest BCUT2D eigenvalue weighted by Crippen LogP contribution is -1.94. The molecule has 0 fully saturated rings. The maximum Gasteiger partial charge on any atom is 0.335 e. The number of benzene rings is 2. The fraction of sp³-hybridized carbons (Fsp3) is 0.0667. The van der Waals surface area contributed by atoms with Crippen molar-refractivity contribution in [3.63, 3.8) is 0 Å².